The summed E-state index contributed by atoms with van der Waals surface area (Å²) in [6.45, 7) is 6.74. The van der Waals surface area contributed by atoms with E-state index in [1.807, 2.05) is 18.2 Å². The fourth-order valence-electron chi connectivity index (χ4n) is 5.27. The highest BCUT2D eigenvalue weighted by molar-refractivity contribution is 6.12. The number of likely N-dealkylation sites (tertiary alicyclic amines) is 1. The van der Waals surface area contributed by atoms with Crippen molar-refractivity contribution in [3.8, 4) is 0 Å². The number of allylic oxidation sites excluding steroid dienone is 2. The van der Waals surface area contributed by atoms with E-state index in [2.05, 4.69) is 37.2 Å². The van der Waals surface area contributed by atoms with E-state index in [0.29, 0.717) is 25.7 Å². The number of ketones is 1. The Kier molecular flexibility index (Phi) is 4.60. The van der Waals surface area contributed by atoms with Crippen molar-refractivity contribution in [2.45, 2.75) is 46.1 Å². The number of Topliss-reactive ketones (excluding diaryl/α,β-unsaturated/α-hetero) is 1. The number of fused-ring (bicyclic) bond motifs is 1. The van der Waals surface area contributed by atoms with Gasteiger partial charge in [-0.05, 0) is 11.8 Å². The van der Waals surface area contributed by atoms with Gasteiger partial charge in [0, 0.05) is 47.1 Å². The summed E-state index contributed by atoms with van der Waals surface area (Å²) < 4.78 is 0. The molecule has 0 saturated carbocycles. The summed E-state index contributed by atoms with van der Waals surface area (Å²) in [4.78, 5) is 27.3. The number of piperidine rings is 1. The molecule has 1 spiro atoms. The largest absolute Gasteiger partial charge is 0.763 e. The van der Waals surface area contributed by atoms with Gasteiger partial charge in [-0.3, -0.25) is 15.5 Å². The fraction of sp³-hybridized carbons (Fsp3) is 0.478. The maximum absolute atomic E-state index is 13.1. The summed E-state index contributed by atoms with van der Waals surface area (Å²) in [7, 11) is 0. The second kappa shape index (κ2) is 6.84. The average molecular weight is 377 g/mol. The molecule has 1 saturated heterocycles. The third-order valence-corrected chi connectivity index (χ3v) is 6.54. The molecule has 2 aliphatic heterocycles. The van der Waals surface area contributed by atoms with Crippen LogP contribution in [-0.2, 0) is 16.1 Å². The summed E-state index contributed by atoms with van der Waals surface area (Å²) >= 11 is 0. The molecule has 5 heteroatoms. The highest BCUT2D eigenvalue weighted by atomic mass is 16.2. The Balaban J connectivity index is 1.65. The number of amides is 1. The topological polar surface area (TPSA) is 72.9 Å². The molecule has 0 radical (unpaired) electrons. The second-order valence-corrected chi connectivity index (χ2v) is 9.23. The first-order chi connectivity index (χ1) is 13.3. The van der Waals surface area contributed by atoms with Crippen LogP contribution in [0.1, 0.15) is 45.1 Å². The lowest BCUT2D eigenvalue weighted by atomic mass is 9.59. The van der Waals surface area contributed by atoms with Crippen LogP contribution in [0.5, 0.6) is 0 Å². The Morgan fingerprint density at radius 2 is 1.79 bits per heavy atom. The van der Waals surface area contributed by atoms with E-state index in [-0.39, 0.29) is 22.7 Å². The minimum atomic E-state index is -0.694. The smallest absolute Gasteiger partial charge is 0.258 e. The molecule has 0 bridgehead atoms. The lowest BCUT2D eigenvalue weighted by Gasteiger charge is -2.48. The number of rotatable bonds is 2. The van der Waals surface area contributed by atoms with Crippen molar-refractivity contribution in [1.82, 2.24) is 5.32 Å². The number of nitrogens with one attached hydrogen (secondary N) is 2. The number of carbonyl (C=O) groups is 2. The predicted molar refractivity (Wildman–Crippen MR) is 108 cm³/mol. The SMILES string of the molecule is CC1(C)CC(=O)C2=C(C1)NC(=O)C(=C=[N-])C21CC[NH+](Cc2ccccc2)CC1. The molecule has 1 amide bonds. The minimum absolute atomic E-state index is 0.102. The van der Waals surface area contributed by atoms with Crippen LogP contribution in [0.3, 0.4) is 0 Å². The first-order valence-electron chi connectivity index (χ1n) is 10.1. The summed E-state index contributed by atoms with van der Waals surface area (Å²) in [6.07, 6.45) is 2.51. The van der Waals surface area contributed by atoms with Gasteiger partial charge in [0.25, 0.3) is 5.91 Å². The number of hydrogen-bond donors (Lipinski definition) is 2. The Morgan fingerprint density at radius 3 is 2.43 bits per heavy atom. The summed E-state index contributed by atoms with van der Waals surface area (Å²) in [6, 6.07) is 10.4. The molecule has 0 aromatic heterocycles. The van der Waals surface area contributed by atoms with Gasteiger partial charge >= 0.3 is 0 Å². The van der Waals surface area contributed by atoms with Crippen LogP contribution >= 0.6 is 0 Å². The van der Waals surface area contributed by atoms with Crippen molar-refractivity contribution in [1.29, 1.82) is 0 Å². The van der Waals surface area contributed by atoms with E-state index in [0.717, 1.165) is 30.9 Å². The van der Waals surface area contributed by atoms with Gasteiger partial charge in [0.2, 0.25) is 0 Å². The van der Waals surface area contributed by atoms with Gasteiger partial charge in [-0.1, -0.05) is 44.2 Å². The van der Waals surface area contributed by atoms with Gasteiger partial charge in [-0.15, -0.1) is 0 Å². The number of nitrogens with zero attached hydrogens (tertiary/aromatic N) is 1. The first kappa shape index (κ1) is 18.9. The molecule has 0 unspecified atom stereocenters. The molecular formula is C23H27N3O2. The molecule has 28 heavy (non-hydrogen) atoms. The van der Waals surface area contributed by atoms with Crippen molar-refractivity contribution in [2.75, 3.05) is 13.1 Å². The molecule has 146 valence electrons. The zero-order valence-corrected chi connectivity index (χ0v) is 16.6. The molecule has 2 N–H and O–H groups in total. The van der Waals surface area contributed by atoms with E-state index < -0.39 is 5.41 Å². The Morgan fingerprint density at radius 1 is 1.11 bits per heavy atom. The molecule has 1 aromatic carbocycles. The van der Waals surface area contributed by atoms with Crippen LogP contribution < -0.4 is 10.2 Å². The Labute approximate surface area is 166 Å². The molecule has 2 heterocycles. The van der Waals surface area contributed by atoms with Crippen molar-refractivity contribution in [2.24, 2.45) is 10.8 Å². The summed E-state index contributed by atoms with van der Waals surface area (Å²) in [5.74, 6) is 1.96. The summed E-state index contributed by atoms with van der Waals surface area (Å²) in [5.41, 5.74) is 2.15. The van der Waals surface area contributed by atoms with Gasteiger partial charge in [0.1, 0.15) is 6.54 Å². The normalized spacial score (nSPS) is 29.4. The fourth-order valence-corrected chi connectivity index (χ4v) is 5.27. The zero-order chi connectivity index (χ0) is 19.9. The zero-order valence-electron chi connectivity index (χ0n) is 16.6. The van der Waals surface area contributed by atoms with Gasteiger partial charge in [-0.2, -0.15) is 0 Å². The van der Waals surface area contributed by atoms with Crippen molar-refractivity contribution >= 4 is 17.6 Å². The van der Waals surface area contributed by atoms with E-state index in [1.54, 1.807) is 0 Å². The van der Waals surface area contributed by atoms with E-state index in [1.165, 1.54) is 10.5 Å². The quantitative estimate of drug-likeness (QED) is 0.609. The number of benzene rings is 1. The van der Waals surface area contributed by atoms with Crippen LogP contribution in [0, 0.1) is 10.8 Å². The van der Waals surface area contributed by atoms with Gasteiger partial charge in [0.15, 0.2) is 5.78 Å². The van der Waals surface area contributed by atoms with Crippen molar-refractivity contribution in [3.05, 3.63) is 58.1 Å². The van der Waals surface area contributed by atoms with Crippen molar-refractivity contribution < 1.29 is 14.5 Å². The molecule has 4 rings (SSSR count). The molecule has 1 aromatic rings. The maximum atomic E-state index is 13.1. The Hall–Kier alpha value is -2.49. The molecule has 3 aliphatic rings. The second-order valence-electron chi connectivity index (χ2n) is 9.23. The number of quaternary nitrogens is 1. The lowest BCUT2D eigenvalue weighted by molar-refractivity contribution is -0.920. The van der Waals surface area contributed by atoms with Crippen LogP contribution in [0.4, 0.5) is 0 Å². The third-order valence-electron chi connectivity index (χ3n) is 6.54. The van der Waals surface area contributed by atoms with E-state index in [9.17, 15) is 15.0 Å². The minimum Gasteiger partial charge on any atom is -0.763 e. The van der Waals surface area contributed by atoms with E-state index in [4.69, 9.17) is 0 Å². The summed E-state index contributed by atoms with van der Waals surface area (Å²) in [5, 5.41) is 12.7. The monoisotopic (exact) mass is 377 g/mol. The van der Waals surface area contributed by atoms with E-state index >= 15 is 0 Å². The highest BCUT2D eigenvalue weighted by Gasteiger charge is 2.53. The molecule has 1 aliphatic carbocycles. The van der Waals surface area contributed by atoms with Gasteiger partial charge in [0.05, 0.1) is 13.1 Å². The highest BCUT2D eigenvalue weighted by Crippen LogP contribution is 2.51. The number of hydrogen-bond acceptors (Lipinski definition) is 2. The standard InChI is InChI=1S/C23H26N3O2/c1-22(2)12-18-20(19(27)13-22)23(17(14-24)21(28)25-18)8-10-26(11-9-23)15-16-6-4-3-5-7-16/h3-7H,8-13,15H2,1-2H3,(H,25,28)/q-1/p+1. The van der Waals surface area contributed by atoms with Crippen LogP contribution in [-0.4, -0.2) is 30.6 Å². The predicted octanol–water partition coefficient (Wildman–Crippen LogP) is 1.79. The average Bonchev–Trinajstić information content (AvgIpc) is 2.63. The maximum Gasteiger partial charge on any atom is 0.258 e. The molecule has 1 fully saturated rings. The number of carbonyl (C=O) groups excluding carboxylic acids is 2. The third kappa shape index (κ3) is 3.15. The van der Waals surface area contributed by atoms with Crippen LogP contribution in [0.2, 0.25) is 0 Å². The molecule has 5 nitrogen and oxygen atoms in total. The molecular weight excluding hydrogens is 350 g/mol. The lowest BCUT2D eigenvalue weighted by Crippen LogP contribution is -3.12. The first-order valence-corrected chi connectivity index (χ1v) is 10.1. The van der Waals surface area contributed by atoms with Crippen LogP contribution in [0.25, 0.3) is 5.41 Å². The van der Waals surface area contributed by atoms with Crippen molar-refractivity contribution in [3.63, 3.8) is 0 Å². The van der Waals surface area contributed by atoms with Gasteiger partial charge < -0.3 is 15.6 Å². The van der Waals surface area contributed by atoms with Crippen LogP contribution in [0.15, 0.2) is 47.2 Å². The van der Waals surface area contributed by atoms with Gasteiger partial charge in [-0.25, -0.2) is 0 Å². The molecule has 0 atom stereocenters. The Bertz CT molecular complexity index is 899.